The number of likely N-dealkylation sites (tertiary alicyclic amines) is 1. The molecule has 1 aromatic heterocycles. The van der Waals surface area contributed by atoms with E-state index in [1.807, 2.05) is 0 Å². The first-order valence-electron chi connectivity index (χ1n) is 16.1. The van der Waals surface area contributed by atoms with Crippen LogP contribution in [0, 0.1) is 23.7 Å². The van der Waals surface area contributed by atoms with E-state index in [1.165, 1.54) is 6.42 Å². The lowest BCUT2D eigenvalue weighted by Crippen LogP contribution is -2.50. The van der Waals surface area contributed by atoms with Crippen LogP contribution in [-0.2, 0) is 19.1 Å². The van der Waals surface area contributed by atoms with Gasteiger partial charge in [-0.1, -0.05) is 32.1 Å². The number of halogens is 2. The summed E-state index contributed by atoms with van der Waals surface area (Å²) in [5, 5.41) is 3.70. The lowest BCUT2D eigenvalue weighted by Gasteiger charge is -2.37. The normalized spacial score (nSPS) is 25.3. The number of ether oxygens (including phenoxy) is 2. The van der Waals surface area contributed by atoms with Crippen molar-refractivity contribution < 1.29 is 37.1 Å². The van der Waals surface area contributed by atoms with Crippen molar-refractivity contribution in [1.82, 2.24) is 4.90 Å². The highest BCUT2D eigenvalue weighted by molar-refractivity contribution is 6.00. The molecule has 44 heavy (non-hydrogen) atoms. The fourth-order valence-electron chi connectivity index (χ4n) is 7.52. The number of fused-ring (bicyclic) bond motifs is 1. The summed E-state index contributed by atoms with van der Waals surface area (Å²) < 4.78 is 42.2. The van der Waals surface area contributed by atoms with Gasteiger partial charge in [0.2, 0.25) is 17.6 Å². The van der Waals surface area contributed by atoms with Crippen LogP contribution in [0.3, 0.4) is 0 Å². The van der Waals surface area contributed by atoms with Crippen LogP contribution in [0.25, 0.3) is 11.0 Å². The van der Waals surface area contributed by atoms with Crippen molar-refractivity contribution in [2.75, 3.05) is 32.2 Å². The minimum Gasteiger partial charge on any atom is -0.460 e. The number of carbonyl (C=O) groups is 3. The van der Waals surface area contributed by atoms with E-state index in [0.717, 1.165) is 32.1 Å². The maximum absolute atomic E-state index is 14.0. The van der Waals surface area contributed by atoms with E-state index in [2.05, 4.69) is 5.32 Å². The predicted octanol–water partition coefficient (Wildman–Crippen LogP) is 5.76. The first-order valence-corrected chi connectivity index (χ1v) is 16.1. The first kappa shape index (κ1) is 32.3. The van der Waals surface area contributed by atoms with E-state index in [1.54, 1.807) is 36.3 Å². The molecule has 0 spiro atoms. The molecule has 9 nitrogen and oxygen atoms in total. The van der Waals surface area contributed by atoms with Gasteiger partial charge in [-0.2, -0.15) is 0 Å². The van der Waals surface area contributed by atoms with Crippen LogP contribution in [0.2, 0.25) is 0 Å². The smallest absolute Gasteiger partial charge is 0.374 e. The van der Waals surface area contributed by atoms with Gasteiger partial charge in [0, 0.05) is 43.7 Å². The van der Waals surface area contributed by atoms with Gasteiger partial charge < -0.3 is 29.8 Å². The Morgan fingerprint density at radius 3 is 2.48 bits per heavy atom. The summed E-state index contributed by atoms with van der Waals surface area (Å²) in [5.41, 5.74) is 6.76. The summed E-state index contributed by atoms with van der Waals surface area (Å²) in [4.78, 5) is 42.0. The van der Waals surface area contributed by atoms with Gasteiger partial charge in [-0.05, 0) is 74.1 Å². The van der Waals surface area contributed by atoms with Crippen LogP contribution in [0.1, 0.15) is 81.2 Å². The van der Waals surface area contributed by atoms with Crippen molar-refractivity contribution in [3.63, 3.8) is 0 Å². The van der Waals surface area contributed by atoms with E-state index in [0.29, 0.717) is 67.8 Å². The number of carbonyl (C=O) groups excluding carboxylic acids is 3. The van der Waals surface area contributed by atoms with Gasteiger partial charge in [-0.15, -0.1) is 0 Å². The van der Waals surface area contributed by atoms with Gasteiger partial charge in [0.05, 0.1) is 12.6 Å². The lowest BCUT2D eigenvalue weighted by molar-refractivity contribution is -0.142. The Bertz CT molecular complexity index is 1290. The number of alkyl halides is 2. The number of methoxy groups -OCH3 is 1. The quantitative estimate of drug-likeness (QED) is 0.243. The van der Waals surface area contributed by atoms with Gasteiger partial charge in [0.1, 0.15) is 11.6 Å². The predicted molar refractivity (Wildman–Crippen MR) is 161 cm³/mol. The number of nitrogens with two attached hydrogens (primary N) is 1. The summed E-state index contributed by atoms with van der Waals surface area (Å²) in [7, 11) is 1.58. The number of hydrogen-bond acceptors (Lipinski definition) is 7. The van der Waals surface area contributed by atoms with E-state index < -0.39 is 24.5 Å². The van der Waals surface area contributed by atoms with Gasteiger partial charge in [0.15, 0.2) is 0 Å². The van der Waals surface area contributed by atoms with E-state index >= 15 is 0 Å². The number of anilines is 1. The number of hydrogen-bond donors (Lipinski definition) is 2. The molecule has 1 aliphatic heterocycles. The number of rotatable bonds is 11. The van der Waals surface area contributed by atoms with E-state index in [-0.39, 0.29) is 41.9 Å². The van der Waals surface area contributed by atoms with Crippen molar-refractivity contribution in [2.45, 2.75) is 89.1 Å². The lowest BCUT2D eigenvalue weighted by atomic mass is 9.76. The summed E-state index contributed by atoms with van der Waals surface area (Å²) in [5.74, 6) is -0.884. The maximum Gasteiger partial charge on any atom is 0.374 e. The van der Waals surface area contributed by atoms with Crippen molar-refractivity contribution in [3.8, 4) is 0 Å². The first-order chi connectivity index (χ1) is 21.3. The molecule has 1 saturated heterocycles. The van der Waals surface area contributed by atoms with Crippen LogP contribution in [-0.4, -0.2) is 68.1 Å². The standard InChI is InChI=1S/C33H45F2N3O6/c1-42-16-5-17-43-33(41)27-19-23-18-24(12-13-26(23)44-27)37-31(39)29-25(20-6-3-2-4-7-20)14-15-38(29)32(40)22-10-8-21(9-11-22)28(36)30(34)35/h12-13,18-22,25,28-30H,2-11,14-17,36H2,1H3,(H,37,39)/t21-,22-,25-,28-,29-/m0/s1. The van der Waals surface area contributed by atoms with Crippen molar-refractivity contribution in [1.29, 1.82) is 0 Å². The second-order valence-corrected chi connectivity index (χ2v) is 12.7. The second kappa shape index (κ2) is 14.8. The highest BCUT2D eigenvalue weighted by Crippen LogP contribution is 2.41. The number of nitrogens with one attached hydrogen (secondary N) is 1. The molecule has 2 heterocycles. The molecule has 5 rings (SSSR count). The topological polar surface area (TPSA) is 124 Å². The molecule has 0 radical (unpaired) electrons. The van der Waals surface area contributed by atoms with Crippen molar-refractivity contribution in [3.05, 3.63) is 30.0 Å². The number of benzene rings is 1. The number of furan rings is 1. The Hall–Kier alpha value is -3.05. The Balaban J connectivity index is 1.29. The maximum atomic E-state index is 14.0. The van der Waals surface area contributed by atoms with Gasteiger partial charge in [-0.3, -0.25) is 9.59 Å². The molecule has 3 N–H and O–H groups in total. The fourth-order valence-corrected chi connectivity index (χ4v) is 7.52. The zero-order chi connectivity index (χ0) is 31.2. The minimum absolute atomic E-state index is 0.0496. The molecule has 2 saturated carbocycles. The SMILES string of the molecule is COCCCOC(=O)c1cc2cc(NC(=O)[C@@H]3[C@H](C4CCCCC4)CCN3C(=O)[C@H]3CC[C@H]([C@H](N)C(F)F)CC3)ccc2o1. The van der Waals surface area contributed by atoms with Gasteiger partial charge in [0.25, 0.3) is 6.43 Å². The van der Waals surface area contributed by atoms with Crippen LogP contribution in [0.4, 0.5) is 14.5 Å². The molecule has 2 amide bonds. The summed E-state index contributed by atoms with van der Waals surface area (Å²) in [6, 6.07) is 5.01. The van der Waals surface area contributed by atoms with Gasteiger partial charge >= 0.3 is 5.97 Å². The Morgan fingerprint density at radius 2 is 1.77 bits per heavy atom. The molecule has 0 unspecified atom stereocenters. The monoisotopic (exact) mass is 617 g/mol. The minimum atomic E-state index is -2.57. The average Bonchev–Trinajstić information content (AvgIpc) is 3.68. The molecule has 0 bridgehead atoms. The highest BCUT2D eigenvalue weighted by atomic mass is 19.3. The molecule has 2 aliphatic carbocycles. The number of esters is 1. The van der Waals surface area contributed by atoms with Crippen molar-refractivity contribution in [2.24, 2.45) is 29.4 Å². The van der Waals surface area contributed by atoms with E-state index in [4.69, 9.17) is 19.6 Å². The third-order valence-electron chi connectivity index (χ3n) is 9.92. The average molecular weight is 618 g/mol. The molecule has 242 valence electrons. The second-order valence-electron chi connectivity index (χ2n) is 12.7. The fraction of sp³-hybridized carbons (Fsp3) is 0.667. The zero-order valence-electron chi connectivity index (χ0n) is 25.5. The summed E-state index contributed by atoms with van der Waals surface area (Å²) in [6.07, 6.45) is 6.36. The third-order valence-corrected chi connectivity index (χ3v) is 9.92. The Kier molecular flexibility index (Phi) is 10.9. The molecule has 3 atom stereocenters. The molecular weight excluding hydrogens is 572 g/mol. The zero-order valence-corrected chi connectivity index (χ0v) is 25.5. The Labute approximate surface area is 257 Å². The number of amides is 2. The molecule has 2 aromatic rings. The van der Waals surface area contributed by atoms with Crippen LogP contribution in [0.15, 0.2) is 28.7 Å². The molecule has 3 fully saturated rings. The Morgan fingerprint density at radius 1 is 1.02 bits per heavy atom. The summed E-state index contributed by atoms with van der Waals surface area (Å²) in [6.45, 7) is 1.22. The third kappa shape index (κ3) is 7.42. The molecule has 1 aromatic carbocycles. The molecular formula is C33H45F2N3O6. The molecule has 11 heteroatoms. The van der Waals surface area contributed by atoms with Crippen LogP contribution < -0.4 is 11.1 Å². The largest absolute Gasteiger partial charge is 0.460 e. The van der Waals surface area contributed by atoms with Crippen LogP contribution >= 0.6 is 0 Å². The highest BCUT2D eigenvalue weighted by Gasteiger charge is 2.47. The van der Waals surface area contributed by atoms with Crippen LogP contribution in [0.5, 0.6) is 0 Å². The summed E-state index contributed by atoms with van der Waals surface area (Å²) >= 11 is 0. The number of nitrogens with zero attached hydrogens (tertiary/aromatic N) is 1. The molecule has 3 aliphatic rings. The van der Waals surface area contributed by atoms with Crippen molar-refractivity contribution >= 4 is 34.4 Å². The van der Waals surface area contributed by atoms with E-state index in [9.17, 15) is 23.2 Å². The van der Waals surface area contributed by atoms with Gasteiger partial charge in [-0.25, -0.2) is 13.6 Å².